The molecule has 1 N–H and O–H groups in total. The molecule has 3 rings (SSSR count). The van der Waals surface area contributed by atoms with Gasteiger partial charge in [-0.25, -0.2) is 9.97 Å². The van der Waals surface area contributed by atoms with Gasteiger partial charge in [0, 0.05) is 37.5 Å². The fraction of sp³-hybridized carbons (Fsp3) is 0.529. The number of hydrogen-bond acceptors (Lipinski definition) is 5. The highest BCUT2D eigenvalue weighted by atomic mass is 19.4. The molecular formula is C17H20F3N5O2. The van der Waals surface area contributed by atoms with Crippen molar-refractivity contribution in [2.24, 2.45) is 7.05 Å². The first-order valence-electron chi connectivity index (χ1n) is 8.61. The predicted molar refractivity (Wildman–Crippen MR) is 89.5 cm³/mol. The zero-order valence-electron chi connectivity index (χ0n) is 15.1. The minimum Gasteiger partial charge on any atom is -0.479 e. The minimum atomic E-state index is -4.51. The first-order chi connectivity index (χ1) is 12.8. The molecule has 0 aliphatic heterocycles. The summed E-state index contributed by atoms with van der Waals surface area (Å²) in [6.45, 7) is 0.104. The molecule has 7 nitrogen and oxygen atoms in total. The van der Waals surface area contributed by atoms with Gasteiger partial charge in [-0.3, -0.25) is 9.48 Å². The number of aromatic nitrogens is 4. The van der Waals surface area contributed by atoms with Gasteiger partial charge in [-0.2, -0.15) is 13.2 Å². The molecular weight excluding hydrogens is 363 g/mol. The van der Waals surface area contributed by atoms with Crippen LogP contribution in [-0.4, -0.2) is 39.3 Å². The number of amides is 1. The normalized spacial score (nSPS) is 14.0. The minimum absolute atomic E-state index is 0.0847. The van der Waals surface area contributed by atoms with Crippen molar-refractivity contribution < 1.29 is 22.7 Å². The second-order valence-corrected chi connectivity index (χ2v) is 6.35. The molecule has 0 atom stereocenters. The summed E-state index contributed by atoms with van der Waals surface area (Å²) in [5.41, 5.74) is 0.0882. The second-order valence-electron chi connectivity index (χ2n) is 6.35. The molecule has 0 unspecified atom stereocenters. The van der Waals surface area contributed by atoms with Gasteiger partial charge in [0.15, 0.2) is 5.69 Å². The third kappa shape index (κ3) is 4.20. The van der Waals surface area contributed by atoms with Crippen LogP contribution in [0.5, 0.6) is 5.88 Å². The second kappa shape index (κ2) is 7.53. The van der Waals surface area contributed by atoms with E-state index in [4.69, 9.17) is 4.74 Å². The molecule has 27 heavy (non-hydrogen) atoms. The predicted octanol–water partition coefficient (Wildman–Crippen LogP) is 2.09. The van der Waals surface area contributed by atoms with Gasteiger partial charge in [0.25, 0.3) is 5.91 Å². The summed E-state index contributed by atoms with van der Waals surface area (Å²) in [5, 5.41) is 6.63. The average molecular weight is 383 g/mol. The van der Waals surface area contributed by atoms with Crippen LogP contribution in [0, 0.1) is 0 Å². The van der Waals surface area contributed by atoms with Crippen LogP contribution in [0.4, 0.5) is 13.2 Å². The SMILES string of the molecule is COc1nn(C)cc1C(=O)NCCc1nc2c(c(C(F)(F)F)n1)CCCC2. The lowest BCUT2D eigenvalue weighted by atomic mass is 9.94. The van der Waals surface area contributed by atoms with Gasteiger partial charge in [0.05, 0.1) is 7.11 Å². The maximum Gasteiger partial charge on any atom is 0.433 e. The Morgan fingerprint density at radius 3 is 2.74 bits per heavy atom. The van der Waals surface area contributed by atoms with Crippen molar-refractivity contribution in [3.8, 4) is 5.88 Å². The Balaban J connectivity index is 1.72. The lowest BCUT2D eigenvalue weighted by molar-refractivity contribution is -0.142. The van der Waals surface area contributed by atoms with E-state index in [-0.39, 0.29) is 35.8 Å². The fourth-order valence-corrected chi connectivity index (χ4v) is 3.15. The standard InChI is InChI=1S/C17H20F3N5O2/c1-25-9-11(16(24-25)27-2)15(26)21-8-7-13-22-12-6-4-3-5-10(12)14(23-13)17(18,19)20/h9H,3-8H2,1-2H3,(H,21,26). The molecule has 1 aliphatic rings. The summed E-state index contributed by atoms with van der Waals surface area (Å²) < 4.78 is 46.5. The Hall–Kier alpha value is -2.65. The highest BCUT2D eigenvalue weighted by Gasteiger charge is 2.37. The summed E-state index contributed by atoms with van der Waals surface area (Å²) in [7, 11) is 3.05. The zero-order valence-corrected chi connectivity index (χ0v) is 15.1. The number of ether oxygens (including phenoxy) is 1. The molecule has 10 heteroatoms. The molecule has 0 spiro atoms. The summed E-state index contributed by atoms with van der Waals surface area (Å²) in [5.74, 6) is -0.158. The summed E-state index contributed by atoms with van der Waals surface area (Å²) >= 11 is 0. The Kier molecular flexibility index (Phi) is 5.33. The summed E-state index contributed by atoms with van der Waals surface area (Å²) in [6, 6.07) is 0. The fourth-order valence-electron chi connectivity index (χ4n) is 3.15. The Labute approximate surface area is 154 Å². The Morgan fingerprint density at radius 1 is 1.30 bits per heavy atom. The third-order valence-electron chi connectivity index (χ3n) is 4.36. The van der Waals surface area contributed by atoms with Crippen molar-refractivity contribution in [3.05, 3.63) is 34.5 Å². The maximum atomic E-state index is 13.3. The maximum absolute atomic E-state index is 13.3. The first-order valence-corrected chi connectivity index (χ1v) is 8.61. The molecule has 0 aromatic carbocycles. The van der Waals surface area contributed by atoms with Crippen LogP contribution in [0.15, 0.2) is 6.20 Å². The van der Waals surface area contributed by atoms with E-state index < -0.39 is 17.8 Å². The number of halogens is 3. The van der Waals surface area contributed by atoms with Gasteiger partial charge in [-0.15, -0.1) is 5.10 Å². The first kappa shape index (κ1) is 19.1. The number of fused-ring (bicyclic) bond motifs is 1. The molecule has 0 radical (unpaired) electrons. The largest absolute Gasteiger partial charge is 0.479 e. The van der Waals surface area contributed by atoms with Crippen LogP contribution in [0.1, 0.15) is 46.0 Å². The van der Waals surface area contributed by atoms with E-state index in [0.717, 1.165) is 6.42 Å². The highest BCUT2D eigenvalue weighted by molar-refractivity contribution is 5.96. The molecule has 0 saturated carbocycles. The van der Waals surface area contributed by atoms with Crippen LogP contribution in [-0.2, 0) is 32.5 Å². The van der Waals surface area contributed by atoms with E-state index in [2.05, 4.69) is 20.4 Å². The van der Waals surface area contributed by atoms with Crippen molar-refractivity contribution in [2.45, 2.75) is 38.3 Å². The van der Waals surface area contributed by atoms with Crippen molar-refractivity contribution >= 4 is 5.91 Å². The molecule has 1 aliphatic carbocycles. The van der Waals surface area contributed by atoms with Gasteiger partial charge in [-0.05, 0) is 25.7 Å². The topological polar surface area (TPSA) is 81.9 Å². The number of hydrogen-bond donors (Lipinski definition) is 1. The van der Waals surface area contributed by atoms with E-state index in [1.807, 2.05) is 0 Å². The Bertz CT molecular complexity index is 848. The number of alkyl halides is 3. The number of aryl methyl sites for hydroxylation is 2. The quantitative estimate of drug-likeness (QED) is 0.855. The highest BCUT2D eigenvalue weighted by Crippen LogP contribution is 2.34. The van der Waals surface area contributed by atoms with Gasteiger partial charge < -0.3 is 10.1 Å². The molecule has 146 valence electrons. The van der Waals surface area contributed by atoms with Gasteiger partial charge >= 0.3 is 6.18 Å². The van der Waals surface area contributed by atoms with Gasteiger partial charge in [0.1, 0.15) is 11.4 Å². The number of nitrogens with zero attached hydrogens (tertiary/aromatic N) is 4. The van der Waals surface area contributed by atoms with Crippen LogP contribution in [0.25, 0.3) is 0 Å². The van der Waals surface area contributed by atoms with Crippen LogP contribution < -0.4 is 10.1 Å². The number of carbonyl (C=O) groups is 1. The van der Waals surface area contributed by atoms with Gasteiger partial charge in [-0.1, -0.05) is 0 Å². The summed E-state index contributed by atoms with van der Waals surface area (Å²) in [6.07, 6.45) is -0.503. The number of methoxy groups -OCH3 is 1. The van der Waals surface area contributed by atoms with E-state index in [0.29, 0.717) is 25.0 Å². The monoisotopic (exact) mass is 383 g/mol. The average Bonchev–Trinajstić information content (AvgIpc) is 3.01. The van der Waals surface area contributed by atoms with Gasteiger partial charge in [0.2, 0.25) is 5.88 Å². The number of nitrogens with one attached hydrogen (secondary N) is 1. The number of rotatable bonds is 5. The lowest BCUT2D eigenvalue weighted by Crippen LogP contribution is -2.27. The lowest BCUT2D eigenvalue weighted by Gasteiger charge is -2.20. The van der Waals surface area contributed by atoms with Crippen LogP contribution in [0.3, 0.4) is 0 Å². The van der Waals surface area contributed by atoms with Crippen LogP contribution in [0.2, 0.25) is 0 Å². The molecule has 0 fully saturated rings. The molecule has 0 saturated heterocycles. The van der Waals surface area contributed by atoms with E-state index in [9.17, 15) is 18.0 Å². The summed E-state index contributed by atoms with van der Waals surface area (Å²) in [4.78, 5) is 20.2. The third-order valence-corrected chi connectivity index (χ3v) is 4.36. The molecule has 0 bridgehead atoms. The molecule has 2 aromatic rings. The molecule has 1 amide bonds. The van der Waals surface area contributed by atoms with Crippen molar-refractivity contribution in [3.63, 3.8) is 0 Å². The van der Waals surface area contributed by atoms with Crippen molar-refractivity contribution in [1.29, 1.82) is 0 Å². The molecule has 2 heterocycles. The van der Waals surface area contributed by atoms with Crippen molar-refractivity contribution in [2.75, 3.05) is 13.7 Å². The Morgan fingerprint density at radius 2 is 2.04 bits per heavy atom. The zero-order chi connectivity index (χ0) is 19.6. The molecule has 2 aromatic heterocycles. The van der Waals surface area contributed by atoms with E-state index in [1.54, 1.807) is 7.05 Å². The smallest absolute Gasteiger partial charge is 0.433 e. The van der Waals surface area contributed by atoms with E-state index in [1.165, 1.54) is 18.0 Å². The number of carbonyl (C=O) groups excluding carboxylic acids is 1. The van der Waals surface area contributed by atoms with Crippen LogP contribution >= 0.6 is 0 Å². The van der Waals surface area contributed by atoms with Crippen molar-refractivity contribution in [1.82, 2.24) is 25.1 Å². The van der Waals surface area contributed by atoms with E-state index >= 15 is 0 Å².